The maximum absolute atomic E-state index is 10.3. The van der Waals surface area contributed by atoms with Gasteiger partial charge in [0.25, 0.3) is 0 Å². The number of fused-ring (bicyclic) bond motifs is 1. The fraction of sp³-hybridized carbons (Fsp3) is 0.267. The summed E-state index contributed by atoms with van der Waals surface area (Å²) in [6.45, 7) is 2.10. The Labute approximate surface area is 117 Å². The van der Waals surface area contributed by atoms with Gasteiger partial charge in [-0.15, -0.1) is 0 Å². The first-order chi connectivity index (χ1) is 9.19. The fourth-order valence-electron chi connectivity index (χ4n) is 2.23. The third-order valence-corrected chi connectivity index (χ3v) is 3.51. The summed E-state index contributed by atoms with van der Waals surface area (Å²) < 4.78 is 0. The number of aromatic hydroxyl groups is 1. The van der Waals surface area contributed by atoms with Crippen LogP contribution in [0.1, 0.15) is 30.9 Å². The minimum absolute atomic E-state index is 0.145. The summed E-state index contributed by atoms with van der Waals surface area (Å²) in [5, 5.41) is 24.3. The van der Waals surface area contributed by atoms with E-state index in [0.717, 1.165) is 30.2 Å². The third kappa shape index (κ3) is 2.66. The molecule has 0 heterocycles. The highest BCUT2D eigenvalue weighted by Gasteiger charge is 2.13. The van der Waals surface area contributed by atoms with Crippen LogP contribution in [0.5, 0.6) is 5.75 Å². The van der Waals surface area contributed by atoms with Crippen LogP contribution in [0.25, 0.3) is 10.8 Å². The summed E-state index contributed by atoms with van der Waals surface area (Å²) >= 11 is 6.17. The molecule has 0 amide bonds. The molecule has 2 N–H and O–H groups in total. The number of nitrogens with zero attached hydrogens (tertiary/aromatic N) is 1. The summed E-state index contributed by atoms with van der Waals surface area (Å²) in [6, 6.07) is 7.50. The zero-order valence-electron chi connectivity index (χ0n) is 10.7. The van der Waals surface area contributed by atoms with Crippen molar-refractivity contribution in [3.8, 4) is 5.75 Å². The minimum atomic E-state index is 0.145. The second-order valence-corrected chi connectivity index (χ2v) is 4.89. The SMILES string of the molecule is CCCCc1cc2cccc(Cl)c2c(/C=N/O)c1O. The molecule has 0 radical (unpaired) electrons. The molecule has 100 valence electrons. The molecule has 4 heteroatoms. The number of halogens is 1. The van der Waals surface area contributed by atoms with Gasteiger partial charge < -0.3 is 10.3 Å². The fourth-order valence-corrected chi connectivity index (χ4v) is 2.52. The monoisotopic (exact) mass is 277 g/mol. The molecule has 0 unspecified atom stereocenters. The minimum Gasteiger partial charge on any atom is -0.507 e. The first-order valence-corrected chi connectivity index (χ1v) is 6.67. The smallest absolute Gasteiger partial charge is 0.128 e. The van der Waals surface area contributed by atoms with E-state index in [1.807, 2.05) is 18.2 Å². The van der Waals surface area contributed by atoms with E-state index in [0.29, 0.717) is 16.0 Å². The highest BCUT2D eigenvalue weighted by atomic mass is 35.5. The second kappa shape index (κ2) is 5.93. The van der Waals surface area contributed by atoms with E-state index in [2.05, 4.69) is 12.1 Å². The van der Waals surface area contributed by atoms with Gasteiger partial charge in [-0.25, -0.2) is 0 Å². The van der Waals surface area contributed by atoms with Crippen molar-refractivity contribution < 1.29 is 10.3 Å². The van der Waals surface area contributed by atoms with Gasteiger partial charge in [0.15, 0.2) is 0 Å². The Kier molecular flexibility index (Phi) is 4.27. The third-order valence-electron chi connectivity index (χ3n) is 3.19. The number of phenolic OH excluding ortho intramolecular Hbond substituents is 1. The normalized spacial score (nSPS) is 11.5. The van der Waals surface area contributed by atoms with Gasteiger partial charge in [0.05, 0.1) is 6.21 Å². The van der Waals surface area contributed by atoms with Crippen molar-refractivity contribution in [2.45, 2.75) is 26.2 Å². The van der Waals surface area contributed by atoms with Gasteiger partial charge in [0.2, 0.25) is 0 Å². The standard InChI is InChI=1S/C15H16ClNO2/c1-2-3-5-11-8-10-6-4-7-13(16)14(10)12(9-17-19)15(11)18/h4,6-9,18-19H,2-3,5H2,1H3/b17-9+. The van der Waals surface area contributed by atoms with Crippen molar-refractivity contribution in [3.05, 3.63) is 40.4 Å². The molecule has 0 saturated heterocycles. The number of benzene rings is 2. The summed E-state index contributed by atoms with van der Waals surface area (Å²) in [4.78, 5) is 0. The molecular weight excluding hydrogens is 262 g/mol. The van der Waals surface area contributed by atoms with Crippen molar-refractivity contribution in [1.29, 1.82) is 0 Å². The molecule has 0 aliphatic rings. The molecule has 3 nitrogen and oxygen atoms in total. The molecular formula is C15H16ClNO2. The number of aryl methyl sites for hydroxylation is 1. The molecule has 2 aromatic rings. The summed E-state index contributed by atoms with van der Waals surface area (Å²) in [5.41, 5.74) is 1.32. The molecule has 0 aromatic heterocycles. The molecule has 0 aliphatic carbocycles. The molecule has 2 rings (SSSR count). The van der Waals surface area contributed by atoms with Crippen LogP contribution < -0.4 is 0 Å². The lowest BCUT2D eigenvalue weighted by Crippen LogP contribution is -1.94. The number of oxime groups is 1. The Morgan fingerprint density at radius 1 is 1.37 bits per heavy atom. The van der Waals surface area contributed by atoms with E-state index in [9.17, 15) is 5.11 Å². The number of unbranched alkanes of at least 4 members (excludes halogenated alkanes) is 1. The Bertz CT molecular complexity index is 623. The maximum Gasteiger partial charge on any atom is 0.128 e. The van der Waals surface area contributed by atoms with Gasteiger partial charge in [0.1, 0.15) is 5.75 Å². The van der Waals surface area contributed by atoms with Crippen molar-refractivity contribution in [2.75, 3.05) is 0 Å². The molecule has 0 saturated carbocycles. The number of hydrogen-bond acceptors (Lipinski definition) is 3. The Morgan fingerprint density at radius 3 is 2.84 bits per heavy atom. The van der Waals surface area contributed by atoms with Gasteiger partial charge in [-0.3, -0.25) is 0 Å². The van der Waals surface area contributed by atoms with E-state index in [-0.39, 0.29) is 5.75 Å². The molecule has 0 fully saturated rings. The lowest BCUT2D eigenvalue weighted by Gasteiger charge is -2.11. The van der Waals surface area contributed by atoms with Crippen molar-refractivity contribution in [3.63, 3.8) is 0 Å². The molecule has 0 aliphatic heterocycles. The van der Waals surface area contributed by atoms with Crippen LogP contribution in [-0.4, -0.2) is 16.5 Å². The predicted octanol–water partition coefficient (Wildman–Crippen LogP) is 4.35. The Balaban J connectivity index is 2.71. The van der Waals surface area contributed by atoms with E-state index < -0.39 is 0 Å². The summed E-state index contributed by atoms with van der Waals surface area (Å²) in [6.07, 6.45) is 4.07. The van der Waals surface area contributed by atoms with Crippen LogP contribution in [0.15, 0.2) is 29.4 Å². The predicted molar refractivity (Wildman–Crippen MR) is 78.6 cm³/mol. The first-order valence-electron chi connectivity index (χ1n) is 6.29. The largest absolute Gasteiger partial charge is 0.507 e. The molecule has 19 heavy (non-hydrogen) atoms. The lowest BCUT2D eigenvalue weighted by atomic mass is 9.97. The van der Waals surface area contributed by atoms with Gasteiger partial charge in [0, 0.05) is 16.0 Å². The van der Waals surface area contributed by atoms with Crippen LogP contribution >= 0.6 is 11.6 Å². The summed E-state index contributed by atoms with van der Waals surface area (Å²) in [7, 11) is 0. The average molecular weight is 278 g/mol. The van der Waals surface area contributed by atoms with Crippen LogP contribution in [0.2, 0.25) is 5.02 Å². The van der Waals surface area contributed by atoms with Gasteiger partial charge in [-0.1, -0.05) is 42.2 Å². The van der Waals surface area contributed by atoms with E-state index >= 15 is 0 Å². The molecule has 0 bridgehead atoms. The van der Waals surface area contributed by atoms with Crippen LogP contribution in [0.4, 0.5) is 0 Å². The lowest BCUT2D eigenvalue weighted by molar-refractivity contribution is 0.321. The van der Waals surface area contributed by atoms with Crippen molar-refractivity contribution in [1.82, 2.24) is 0 Å². The topological polar surface area (TPSA) is 52.8 Å². The van der Waals surface area contributed by atoms with Gasteiger partial charge in [-0.2, -0.15) is 0 Å². The van der Waals surface area contributed by atoms with Crippen molar-refractivity contribution >= 4 is 28.6 Å². The zero-order chi connectivity index (χ0) is 13.8. The first kappa shape index (κ1) is 13.7. The maximum atomic E-state index is 10.3. The highest BCUT2D eigenvalue weighted by molar-refractivity contribution is 6.36. The van der Waals surface area contributed by atoms with Crippen molar-refractivity contribution in [2.24, 2.45) is 5.16 Å². The molecule has 0 spiro atoms. The Morgan fingerprint density at radius 2 is 2.16 bits per heavy atom. The zero-order valence-corrected chi connectivity index (χ0v) is 11.5. The number of rotatable bonds is 4. The van der Waals surface area contributed by atoms with Gasteiger partial charge in [-0.05, 0) is 35.9 Å². The van der Waals surface area contributed by atoms with Gasteiger partial charge >= 0.3 is 0 Å². The van der Waals surface area contributed by atoms with E-state index in [4.69, 9.17) is 16.8 Å². The average Bonchev–Trinajstić information content (AvgIpc) is 2.40. The molecule has 0 atom stereocenters. The quantitative estimate of drug-likeness (QED) is 0.496. The number of phenols is 1. The second-order valence-electron chi connectivity index (χ2n) is 4.48. The van der Waals surface area contributed by atoms with Crippen LogP contribution in [-0.2, 0) is 6.42 Å². The van der Waals surface area contributed by atoms with E-state index in [1.165, 1.54) is 6.21 Å². The van der Waals surface area contributed by atoms with E-state index in [1.54, 1.807) is 6.07 Å². The highest BCUT2D eigenvalue weighted by Crippen LogP contribution is 2.35. The van der Waals surface area contributed by atoms with Crippen LogP contribution in [0.3, 0.4) is 0 Å². The Hall–Kier alpha value is -1.74. The summed E-state index contributed by atoms with van der Waals surface area (Å²) in [5.74, 6) is 0.145. The number of hydrogen-bond donors (Lipinski definition) is 2. The molecule has 2 aromatic carbocycles. The van der Waals surface area contributed by atoms with Crippen LogP contribution in [0, 0.1) is 0 Å².